The van der Waals surface area contributed by atoms with E-state index < -0.39 is 10.2 Å². The second-order valence-corrected chi connectivity index (χ2v) is 5.88. The quantitative estimate of drug-likeness (QED) is 0.852. The molecule has 0 saturated carbocycles. The van der Waals surface area contributed by atoms with E-state index in [1.807, 2.05) is 0 Å². The van der Waals surface area contributed by atoms with E-state index in [9.17, 15) is 13.2 Å². The van der Waals surface area contributed by atoms with Crippen LogP contribution in [0, 0.1) is 0 Å². The van der Waals surface area contributed by atoms with Gasteiger partial charge in [0.2, 0.25) is 0 Å². The van der Waals surface area contributed by atoms with Gasteiger partial charge in [0.25, 0.3) is 0 Å². The maximum atomic E-state index is 11.6. The van der Waals surface area contributed by atoms with Crippen molar-refractivity contribution in [3.8, 4) is 0 Å². The minimum absolute atomic E-state index is 0.102. The fourth-order valence-electron chi connectivity index (χ4n) is 1.11. The second kappa shape index (κ2) is 5.03. The molecule has 7 heteroatoms. The van der Waals surface area contributed by atoms with E-state index in [2.05, 4.69) is 4.72 Å². The lowest BCUT2D eigenvalue weighted by Crippen LogP contribution is -2.29. The van der Waals surface area contributed by atoms with E-state index in [1.165, 1.54) is 33.2 Å². The Balaban J connectivity index is 3.18. The highest BCUT2D eigenvalue weighted by Crippen LogP contribution is 2.27. The van der Waals surface area contributed by atoms with Gasteiger partial charge in [0.05, 0.1) is 10.7 Å². The summed E-state index contributed by atoms with van der Waals surface area (Å²) in [7, 11) is -0.841. The molecule has 0 atom stereocenters. The third-order valence-electron chi connectivity index (χ3n) is 2.10. The Labute approximate surface area is 106 Å². The Morgan fingerprint density at radius 2 is 1.94 bits per heavy atom. The van der Waals surface area contributed by atoms with Crippen LogP contribution >= 0.6 is 11.6 Å². The molecule has 0 heterocycles. The van der Waals surface area contributed by atoms with Crippen molar-refractivity contribution >= 4 is 33.3 Å². The van der Waals surface area contributed by atoms with Gasteiger partial charge in [0, 0.05) is 19.7 Å². The molecule has 1 aromatic rings. The predicted molar refractivity (Wildman–Crippen MR) is 67.7 cm³/mol. The van der Waals surface area contributed by atoms with Crippen LogP contribution in [0.3, 0.4) is 0 Å². The summed E-state index contributed by atoms with van der Waals surface area (Å²) in [6.07, 6.45) is 0. The van der Waals surface area contributed by atoms with Crippen molar-refractivity contribution < 1.29 is 13.2 Å². The average molecular weight is 277 g/mol. The summed E-state index contributed by atoms with van der Waals surface area (Å²) in [6, 6.07) is 4.60. The van der Waals surface area contributed by atoms with E-state index >= 15 is 0 Å². The maximum absolute atomic E-state index is 11.6. The number of carbonyl (C=O) groups is 1. The van der Waals surface area contributed by atoms with Crippen LogP contribution in [0.4, 0.5) is 5.69 Å². The molecule has 0 spiro atoms. The van der Waals surface area contributed by atoms with Crippen molar-refractivity contribution in [2.24, 2.45) is 0 Å². The van der Waals surface area contributed by atoms with Crippen LogP contribution in [0.1, 0.15) is 17.3 Å². The van der Waals surface area contributed by atoms with E-state index in [1.54, 1.807) is 6.07 Å². The van der Waals surface area contributed by atoms with Crippen molar-refractivity contribution in [2.75, 3.05) is 18.8 Å². The Morgan fingerprint density at radius 1 is 1.35 bits per heavy atom. The number of anilines is 1. The summed E-state index contributed by atoms with van der Waals surface area (Å²) in [6.45, 7) is 1.37. The smallest absolute Gasteiger partial charge is 0.294 e. The molecule has 0 amide bonds. The number of rotatable bonds is 4. The van der Waals surface area contributed by atoms with Gasteiger partial charge in [-0.25, -0.2) is 0 Å². The molecule has 0 unspecified atom stereocenters. The molecule has 17 heavy (non-hydrogen) atoms. The molecule has 0 fully saturated rings. The molecule has 0 aliphatic rings. The second-order valence-electron chi connectivity index (χ2n) is 3.61. The molecule has 94 valence electrons. The van der Waals surface area contributed by atoms with Crippen LogP contribution in [0.25, 0.3) is 0 Å². The molecule has 0 radical (unpaired) electrons. The zero-order chi connectivity index (χ0) is 13.2. The number of halogens is 1. The lowest BCUT2D eigenvalue weighted by atomic mass is 10.1. The number of carbonyl (C=O) groups excluding carboxylic acids is 1. The number of nitrogens with one attached hydrogen (secondary N) is 1. The van der Waals surface area contributed by atoms with Gasteiger partial charge >= 0.3 is 10.2 Å². The Kier molecular flexibility index (Phi) is 4.13. The van der Waals surface area contributed by atoms with Crippen molar-refractivity contribution in [2.45, 2.75) is 6.92 Å². The Bertz CT molecular complexity index is 540. The van der Waals surface area contributed by atoms with Crippen LogP contribution in [0.5, 0.6) is 0 Å². The van der Waals surface area contributed by atoms with Gasteiger partial charge in [-0.3, -0.25) is 9.52 Å². The summed E-state index contributed by atoms with van der Waals surface area (Å²) in [5, 5.41) is 0.102. The molecule has 0 aromatic heterocycles. The van der Waals surface area contributed by atoms with E-state index in [4.69, 9.17) is 11.6 Å². The maximum Gasteiger partial charge on any atom is 0.301 e. The molecule has 1 N–H and O–H groups in total. The van der Waals surface area contributed by atoms with Gasteiger partial charge in [-0.1, -0.05) is 17.7 Å². The Hall–Kier alpha value is -1.11. The third-order valence-corrected chi connectivity index (χ3v) is 3.94. The molecule has 5 nitrogen and oxygen atoms in total. The number of nitrogens with zero attached hydrogens (tertiary/aromatic N) is 1. The number of Topliss-reactive ketones (excluding diaryl/α,β-unsaturated/α-hetero) is 1. The molecule has 0 aliphatic carbocycles. The summed E-state index contributed by atoms with van der Waals surface area (Å²) in [5.74, 6) is -0.221. The molecular weight excluding hydrogens is 264 g/mol. The van der Waals surface area contributed by atoms with Crippen molar-refractivity contribution in [3.63, 3.8) is 0 Å². The first-order valence-corrected chi connectivity index (χ1v) is 6.57. The minimum Gasteiger partial charge on any atom is -0.294 e. The highest BCUT2D eigenvalue weighted by Gasteiger charge is 2.17. The Morgan fingerprint density at radius 3 is 2.41 bits per heavy atom. The van der Waals surface area contributed by atoms with Crippen LogP contribution in [0.2, 0.25) is 5.02 Å². The summed E-state index contributed by atoms with van der Waals surface area (Å²) in [4.78, 5) is 11.2. The van der Waals surface area contributed by atoms with Crippen molar-refractivity contribution in [1.82, 2.24) is 4.31 Å². The first-order valence-electron chi connectivity index (χ1n) is 4.75. The van der Waals surface area contributed by atoms with E-state index in [0.717, 1.165) is 4.31 Å². The summed E-state index contributed by atoms with van der Waals surface area (Å²) < 4.78 is 26.5. The fraction of sp³-hybridized carbons (Fsp3) is 0.300. The highest BCUT2D eigenvalue weighted by molar-refractivity contribution is 7.90. The molecule has 0 bridgehead atoms. The SMILES string of the molecule is CC(=O)c1cccc(NS(=O)(=O)N(C)C)c1Cl. The van der Waals surface area contributed by atoms with Gasteiger partial charge in [-0.2, -0.15) is 12.7 Å². The highest BCUT2D eigenvalue weighted by atomic mass is 35.5. The van der Waals surface area contributed by atoms with Gasteiger partial charge in [0.1, 0.15) is 0 Å². The minimum atomic E-state index is -3.63. The zero-order valence-electron chi connectivity index (χ0n) is 9.69. The first kappa shape index (κ1) is 14.0. The van der Waals surface area contributed by atoms with Crippen LogP contribution < -0.4 is 4.72 Å². The number of hydrogen-bond donors (Lipinski definition) is 1. The number of benzene rings is 1. The van der Waals surface area contributed by atoms with E-state index in [0.29, 0.717) is 0 Å². The zero-order valence-corrected chi connectivity index (χ0v) is 11.3. The molecule has 0 saturated heterocycles. The third kappa shape index (κ3) is 3.18. The van der Waals surface area contributed by atoms with Gasteiger partial charge in [-0.05, 0) is 19.1 Å². The first-order chi connectivity index (χ1) is 7.75. The standard InChI is InChI=1S/C10H13ClN2O3S/c1-7(14)8-5-4-6-9(10(8)11)12-17(15,16)13(2)3/h4-6,12H,1-3H3. The fourth-order valence-corrected chi connectivity index (χ4v) is 2.11. The lowest BCUT2D eigenvalue weighted by molar-refractivity contribution is 0.101. The summed E-state index contributed by atoms with van der Waals surface area (Å²) in [5.41, 5.74) is 0.471. The van der Waals surface area contributed by atoms with Gasteiger partial charge in [0.15, 0.2) is 5.78 Å². The lowest BCUT2D eigenvalue weighted by Gasteiger charge is -2.15. The topological polar surface area (TPSA) is 66.5 Å². The largest absolute Gasteiger partial charge is 0.301 e. The molecule has 1 rings (SSSR count). The number of hydrogen-bond acceptors (Lipinski definition) is 3. The molecular formula is C10H13ClN2O3S. The van der Waals surface area contributed by atoms with Crippen molar-refractivity contribution in [3.05, 3.63) is 28.8 Å². The van der Waals surface area contributed by atoms with Gasteiger partial charge < -0.3 is 0 Å². The van der Waals surface area contributed by atoms with Crippen LogP contribution in [-0.4, -0.2) is 32.6 Å². The predicted octanol–water partition coefficient (Wildman–Crippen LogP) is 1.76. The molecule has 0 aliphatic heterocycles. The molecule has 1 aromatic carbocycles. The average Bonchev–Trinajstić information content (AvgIpc) is 2.20. The normalized spacial score (nSPS) is 11.6. The monoisotopic (exact) mass is 276 g/mol. The van der Waals surface area contributed by atoms with Crippen molar-refractivity contribution in [1.29, 1.82) is 0 Å². The van der Waals surface area contributed by atoms with Crippen LogP contribution in [0.15, 0.2) is 18.2 Å². The van der Waals surface area contributed by atoms with E-state index in [-0.39, 0.29) is 22.1 Å². The van der Waals surface area contributed by atoms with Gasteiger partial charge in [-0.15, -0.1) is 0 Å². The number of ketones is 1. The van der Waals surface area contributed by atoms with Crippen LogP contribution in [-0.2, 0) is 10.2 Å². The summed E-state index contributed by atoms with van der Waals surface area (Å²) >= 11 is 5.95.